The summed E-state index contributed by atoms with van der Waals surface area (Å²) in [5.41, 5.74) is -0.327. The lowest BCUT2D eigenvalue weighted by Gasteiger charge is -2.07. The fraction of sp³-hybridized carbons (Fsp3) is 0.105. The first-order valence-electron chi connectivity index (χ1n) is 8.17. The monoisotopic (exact) mass is 420 g/mol. The Kier molecular flexibility index (Phi) is 5.99. The van der Waals surface area contributed by atoms with Gasteiger partial charge in [0.1, 0.15) is 35.4 Å². The molecule has 3 aromatic rings. The van der Waals surface area contributed by atoms with Crippen molar-refractivity contribution in [1.82, 2.24) is 0 Å². The van der Waals surface area contributed by atoms with Crippen molar-refractivity contribution in [3.8, 4) is 11.5 Å². The number of halogens is 2. The van der Waals surface area contributed by atoms with Crippen molar-refractivity contribution in [2.75, 3.05) is 12.4 Å². The van der Waals surface area contributed by atoms with Crippen LogP contribution in [0.5, 0.6) is 11.5 Å². The molecule has 3 rings (SSSR count). The lowest BCUT2D eigenvalue weighted by atomic mass is 10.2. The maximum atomic E-state index is 13.1. The highest BCUT2D eigenvalue weighted by Crippen LogP contribution is 2.30. The molecule has 1 amide bonds. The number of hydrogen-bond donors (Lipinski definition) is 1. The van der Waals surface area contributed by atoms with E-state index in [1.807, 2.05) is 0 Å². The van der Waals surface area contributed by atoms with E-state index in [1.165, 1.54) is 49.6 Å². The van der Waals surface area contributed by atoms with Crippen molar-refractivity contribution in [1.29, 1.82) is 0 Å². The normalized spacial score (nSPS) is 10.4. The van der Waals surface area contributed by atoms with Crippen LogP contribution in [0.15, 0.2) is 52.9 Å². The van der Waals surface area contributed by atoms with Crippen LogP contribution in [0.3, 0.4) is 0 Å². The smallest absolute Gasteiger partial charge is 0.296 e. The van der Waals surface area contributed by atoms with E-state index >= 15 is 0 Å². The quantitative estimate of drug-likeness (QED) is 0.434. The van der Waals surface area contributed by atoms with Gasteiger partial charge in [-0.2, -0.15) is 0 Å². The van der Waals surface area contributed by atoms with E-state index in [0.717, 1.165) is 6.07 Å². The standard InChI is InChI=1S/C19H14ClFN2O6/c1-27-12-3-5-15(16(9-12)23(25)26)22-19(24)18-7-4-13(29-18)10-28-17-6-2-11(21)8-14(17)20/h2-9H,10H2,1H3,(H,22,24). The van der Waals surface area contributed by atoms with Gasteiger partial charge in [-0.3, -0.25) is 14.9 Å². The third-order valence-electron chi connectivity index (χ3n) is 3.80. The lowest BCUT2D eigenvalue weighted by molar-refractivity contribution is -0.384. The van der Waals surface area contributed by atoms with Crippen molar-refractivity contribution in [2.24, 2.45) is 0 Å². The minimum Gasteiger partial charge on any atom is -0.496 e. The Labute approximate surface area is 168 Å². The molecule has 0 aliphatic carbocycles. The number of carbonyl (C=O) groups excluding carboxylic acids is 1. The Morgan fingerprint density at radius 1 is 1.24 bits per heavy atom. The maximum Gasteiger partial charge on any atom is 0.296 e. The molecule has 2 aromatic carbocycles. The van der Waals surface area contributed by atoms with Crippen LogP contribution < -0.4 is 14.8 Å². The number of nitrogens with one attached hydrogen (secondary N) is 1. The Morgan fingerprint density at radius 3 is 2.72 bits per heavy atom. The summed E-state index contributed by atoms with van der Waals surface area (Å²) in [5, 5.41) is 13.7. The summed E-state index contributed by atoms with van der Waals surface area (Å²) in [4.78, 5) is 22.9. The molecule has 0 unspecified atom stereocenters. The first-order valence-corrected chi connectivity index (χ1v) is 8.55. The summed E-state index contributed by atoms with van der Waals surface area (Å²) in [5.74, 6) is -0.397. The van der Waals surface area contributed by atoms with E-state index in [4.69, 9.17) is 25.5 Å². The molecule has 0 radical (unpaired) electrons. The number of furan rings is 1. The van der Waals surface area contributed by atoms with Crippen LogP contribution in [0.2, 0.25) is 5.02 Å². The van der Waals surface area contributed by atoms with Gasteiger partial charge in [-0.25, -0.2) is 4.39 Å². The molecule has 1 N–H and O–H groups in total. The third-order valence-corrected chi connectivity index (χ3v) is 4.09. The van der Waals surface area contributed by atoms with E-state index in [2.05, 4.69) is 5.32 Å². The van der Waals surface area contributed by atoms with E-state index in [-0.39, 0.29) is 40.3 Å². The number of ether oxygens (including phenoxy) is 2. The molecule has 150 valence electrons. The van der Waals surface area contributed by atoms with Gasteiger partial charge in [0.15, 0.2) is 5.76 Å². The van der Waals surface area contributed by atoms with Crippen molar-refractivity contribution in [3.63, 3.8) is 0 Å². The molecule has 0 aliphatic heterocycles. The number of nitro benzene ring substituents is 1. The highest BCUT2D eigenvalue weighted by atomic mass is 35.5. The molecule has 0 bridgehead atoms. The summed E-state index contributed by atoms with van der Waals surface area (Å²) in [7, 11) is 1.38. The van der Waals surface area contributed by atoms with Crippen molar-refractivity contribution < 1.29 is 28.0 Å². The summed E-state index contributed by atoms with van der Waals surface area (Å²) in [6, 6.07) is 10.6. The van der Waals surface area contributed by atoms with Gasteiger partial charge in [0, 0.05) is 0 Å². The van der Waals surface area contributed by atoms with Gasteiger partial charge < -0.3 is 19.2 Å². The van der Waals surface area contributed by atoms with Crippen molar-refractivity contribution >= 4 is 28.9 Å². The Balaban J connectivity index is 1.69. The minimum absolute atomic E-state index is 0.00639. The molecular formula is C19H14ClFN2O6. The van der Waals surface area contributed by atoms with Gasteiger partial charge in [-0.15, -0.1) is 0 Å². The summed E-state index contributed by atoms with van der Waals surface area (Å²) < 4.78 is 28.8. The molecule has 0 fully saturated rings. The topological polar surface area (TPSA) is 104 Å². The molecule has 29 heavy (non-hydrogen) atoms. The molecular weight excluding hydrogens is 407 g/mol. The molecule has 0 saturated carbocycles. The first-order chi connectivity index (χ1) is 13.9. The van der Waals surface area contributed by atoms with Gasteiger partial charge in [-0.1, -0.05) is 11.6 Å². The number of amides is 1. The van der Waals surface area contributed by atoms with Crippen LogP contribution in [0.25, 0.3) is 0 Å². The largest absolute Gasteiger partial charge is 0.496 e. The second-order valence-electron chi connectivity index (χ2n) is 5.72. The number of methoxy groups -OCH3 is 1. The van der Waals surface area contributed by atoms with Gasteiger partial charge in [0.25, 0.3) is 11.6 Å². The SMILES string of the molecule is COc1ccc(NC(=O)c2ccc(COc3ccc(F)cc3Cl)o2)c([N+](=O)[O-])c1. The van der Waals surface area contributed by atoms with Crippen LogP contribution in [0, 0.1) is 15.9 Å². The summed E-state index contributed by atoms with van der Waals surface area (Å²) in [6.07, 6.45) is 0. The lowest BCUT2D eigenvalue weighted by Crippen LogP contribution is -2.12. The number of nitro groups is 1. The second kappa shape index (κ2) is 8.61. The number of anilines is 1. The number of benzene rings is 2. The van der Waals surface area contributed by atoms with E-state index < -0.39 is 16.6 Å². The molecule has 10 heteroatoms. The third kappa shape index (κ3) is 4.82. The molecule has 0 atom stereocenters. The molecule has 0 spiro atoms. The number of carbonyl (C=O) groups is 1. The second-order valence-corrected chi connectivity index (χ2v) is 6.13. The highest BCUT2D eigenvalue weighted by Gasteiger charge is 2.20. The Bertz CT molecular complexity index is 1070. The Morgan fingerprint density at radius 2 is 2.03 bits per heavy atom. The van der Waals surface area contributed by atoms with Crippen LogP contribution in [-0.2, 0) is 6.61 Å². The van der Waals surface area contributed by atoms with Gasteiger partial charge in [-0.05, 0) is 42.5 Å². The Hall–Kier alpha value is -3.59. The zero-order valence-corrected chi connectivity index (χ0v) is 15.7. The predicted octanol–water partition coefficient (Wildman–Crippen LogP) is 4.82. The van der Waals surface area contributed by atoms with Gasteiger partial charge in [0.05, 0.1) is 23.1 Å². The van der Waals surface area contributed by atoms with Crippen LogP contribution in [0.4, 0.5) is 15.8 Å². The molecule has 0 aliphatic rings. The predicted molar refractivity (Wildman–Crippen MR) is 102 cm³/mol. The van der Waals surface area contributed by atoms with E-state index in [0.29, 0.717) is 5.76 Å². The minimum atomic E-state index is -0.677. The summed E-state index contributed by atoms with van der Waals surface area (Å²) in [6.45, 7) is -0.0543. The van der Waals surface area contributed by atoms with Crippen molar-refractivity contribution in [2.45, 2.75) is 6.61 Å². The average molecular weight is 421 g/mol. The van der Waals surface area contributed by atoms with Crippen LogP contribution >= 0.6 is 11.6 Å². The highest BCUT2D eigenvalue weighted by molar-refractivity contribution is 6.32. The first kappa shape index (κ1) is 20.2. The summed E-state index contributed by atoms with van der Waals surface area (Å²) >= 11 is 5.88. The maximum absolute atomic E-state index is 13.1. The number of nitrogens with zero attached hydrogens (tertiary/aromatic N) is 1. The van der Waals surface area contributed by atoms with Crippen molar-refractivity contribution in [3.05, 3.63) is 81.0 Å². The number of rotatable bonds is 7. The fourth-order valence-corrected chi connectivity index (χ4v) is 2.62. The molecule has 1 aromatic heterocycles. The van der Waals surface area contributed by atoms with E-state index in [9.17, 15) is 19.3 Å². The molecule has 8 nitrogen and oxygen atoms in total. The molecule has 0 saturated heterocycles. The van der Waals surface area contributed by atoms with E-state index in [1.54, 1.807) is 0 Å². The average Bonchev–Trinajstić information content (AvgIpc) is 3.16. The fourth-order valence-electron chi connectivity index (χ4n) is 2.40. The zero-order chi connectivity index (χ0) is 21.0. The van der Waals surface area contributed by atoms with Crippen LogP contribution in [0.1, 0.15) is 16.3 Å². The molecule has 1 heterocycles. The van der Waals surface area contributed by atoms with Gasteiger partial charge in [0.2, 0.25) is 0 Å². The zero-order valence-electron chi connectivity index (χ0n) is 15.0. The van der Waals surface area contributed by atoms with Gasteiger partial charge >= 0.3 is 0 Å². The number of hydrogen-bond acceptors (Lipinski definition) is 6. The van der Waals surface area contributed by atoms with Crippen LogP contribution in [-0.4, -0.2) is 17.9 Å².